The van der Waals surface area contributed by atoms with E-state index in [2.05, 4.69) is 26.0 Å². The van der Waals surface area contributed by atoms with Gasteiger partial charge in [0.05, 0.1) is 0 Å². The van der Waals surface area contributed by atoms with Gasteiger partial charge in [-0.05, 0) is 33.1 Å². The Morgan fingerprint density at radius 2 is 1.83 bits per heavy atom. The Morgan fingerprint density at radius 3 is 2.42 bits per heavy atom. The van der Waals surface area contributed by atoms with Gasteiger partial charge in [0.25, 0.3) is 0 Å². The summed E-state index contributed by atoms with van der Waals surface area (Å²) in [5, 5.41) is 0.362. The van der Waals surface area contributed by atoms with Gasteiger partial charge in [-0.3, -0.25) is 0 Å². The maximum Gasteiger partial charge on any atom is 0.0307 e. The summed E-state index contributed by atoms with van der Waals surface area (Å²) >= 11 is 5.83. The van der Waals surface area contributed by atoms with Crippen LogP contribution in [0.2, 0.25) is 0 Å². The molecular weight excluding hydrogens is 168 g/mol. The van der Waals surface area contributed by atoms with E-state index in [4.69, 9.17) is 11.6 Å². The van der Waals surface area contributed by atoms with Crippen molar-refractivity contribution in [1.29, 1.82) is 0 Å². The summed E-state index contributed by atoms with van der Waals surface area (Å²) in [6.07, 6.45) is 12.1. The summed E-state index contributed by atoms with van der Waals surface area (Å²) in [4.78, 5) is 0. The third-order valence-electron chi connectivity index (χ3n) is 1.96. The summed E-state index contributed by atoms with van der Waals surface area (Å²) in [5.74, 6) is 0. The number of unbranched alkanes of at least 4 members (excludes halogenated alkanes) is 4. The van der Waals surface area contributed by atoms with Gasteiger partial charge in [-0.15, -0.1) is 11.6 Å². The lowest BCUT2D eigenvalue weighted by atomic mass is 10.1. The molecule has 0 nitrogen and oxygen atoms in total. The van der Waals surface area contributed by atoms with Gasteiger partial charge in [-0.2, -0.15) is 0 Å². The first-order valence-corrected chi connectivity index (χ1v) is 5.46. The third kappa shape index (κ3) is 10.0. The van der Waals surface area contributed by atoms with Crippen LogP contribution >= 0.6 is 11.6 Å². The molecule has 0 rings (SSSR count). The second kappa shape index (κ2) is 9.12. The fourth-order valence-corrected chi connectivity index (χ4v) is 1.36. The van der Waals surface area contributed by atoms with E-state index >= 15 is 0 Å². The van der Waals surface area contributed by atoms with E-state index in [0.29, 0.717) is 5.38 Å². The molecular formula is C11H21Cl. The molecule has 0 aromatic rings. The van der Waals surface area contributed by atoms with E-state index in [1.807, 2.05) is 0 Å². The van der Waals surface area contributed by atoms with Crippen molar-refractivity contribution in [3.8, 4) is 0 Å². The highest BCUT2D eigenvalue weighted by Gasteiger charge is 1.94. The predicted molar refractivity (Wildman–Crippen MR) is 57.8 cm³/mol. The Bertz CT molecular complexity index is 106. The van der Waals surface area contributed by atoms with Crippen LogP contribution in [0.5, 0.6) is 0 Å². The van der Waals surface area contributed by atoms with Gasteiger partial charge in [0.2, 0.25) is 0 Å². The molecule has 72 valence electrons. The quantitative estimate of drug-likeness (QED) is 0.313. The van der Waals surface area contributed by atoms with Crippen molar-refractivity contribution in [2.45, 2.75) is 57.7 Å². The molecule has 0 aromatic heterocycles. The lowest BCUT2D eigenvalue weighted by Gasteiger charge is -2.01. The number of allylic oxidation sites excluding steroid dienone is 2. The van der Waals surface area contributed by atoms with E-state index in [1.54, 1.807) is 0 Å². The summed E-state index contributed by atoms with van der Waals surface area (Å²) in [7, 11) is 0. The number of hydrogen-bond acceptors (Lipinski definition) is 0. The molecule has 0 aliphatic rings. The van der Waals surface area contributed by atoms with Crippen molar-refractivity contribution in [3.63, 3.8) is 0 Å². The van der Waals surface area contributed by atoms with E-state index in [1.165, 1.54) is 38.5 Å². The van der Waals surface area contributed by atoms with Crippen molar-refractivity contribution >= 4 is 11.6 Å². The molecule has 0 radical (unpaired) electrons. The van der Waals surface area contributed by atoms with Crippen molar-refractivity contribution < 1.29 is 0 Å². The van der Waals surface area contributed by atoms with E-state index in [-0.39, 0.29) is 0 Å². The van der Waals surface area contributed by atoms with Gasteiger partial charge >= 0.3 is 0 Å². The van der Waals surface area contributed by atoms with E-state index in [9.17, 15) is 0 Å². The van der Waals surface area contributed by atoms with Crippen molar-refractivity contribution in [3.05, 3.63) is 12.2 Å². The molecule has 0 fully saturated rings. The SMILES string of the molecule is C/C=C/CCCCCCC(C)Cl. The molecule has 0 aliphatic heterocycles. The van der Waals surface area contributed by atoms with Crippen LogP contribution in [-0.2, 0) is 0 Å². The first-order valence-electron chi connectivity index (χ1n) is 5.02. The number of hydrogen-bond donors (Lipinski definition) is 0. The molecule has 0 saturated carbocycles. The minimum atomic E-state index is 0.362. The van der Waals surface area contributed by atoms with Crippen LogP contribution in [0.3, 0.4) is 0 Å². The highest BCUT2D eigenvalue weighted by atomic mass is 35.5. The van der Waals surface area contributed by atoms with E-state index < -0.39 is 0 Å². The molecule has 0 spiro atoms. The Hall–Kier alpha value is 0.0300. The fraction of sp³-hybridized carbons (Fsp3) is 0.818. The molecule has 0 bridgehead atoms. The molecule has 0 heterocycles. The van der Waals surface area contributed by atoms with Crippen LogP contribution in [0, 0.1) is 0 Å². The molecule has 0 amide bonds. The van der Waals surface area contributed by atoms with Gasteiger partial charge in [-0.25, -0.2) is 0 Å². The molecule has 0 saturated heterocycles. The largest absolute Gasteiger partial charge is 0.123 e. The van der Waals surface area contributed by atoms with Crippen LogP contribution in [-0.4, -0.2) is 5.38 Å². The van der Waals surface area contributed by atoms with E-state index in [0.717, 1.165) is 0 Å². The second-order valence-corrected chi connectivity index (χ2v) is 4.09. The third-order valence-corrected chi connectivity index (χ3v) is 2.18. The Balaban J connectivity index is 2.91. The minimum absolute atomic E-state index is 0.362. The maximum absolute atomic E-state index is 5.83. The average molecular weight is 189 g/mol. The average Bonchev–Trinajstić information content (AvgIpc) is 2.02. The summed E-state index contributed by atoms with van der Waals surface area (Å²) in [6.45, 7) is 4.15. The van der Waals surface area contributed by atoms with Gasteiger partial charge in [0, 0.05) is 5.38 Å². The van der Waals surface area contributed by atoms with Crippen molar-refractivity contribution in [2.75, 3.05) is 0 Å². The molecule has 1 unspecified atom stereocenters. The second-order valence-electron chi connectivity index (χ2n) is 3.34. The van der Waals surface area contributed by atoms with Crippen molar-refractivity contribution in [1.82, 2.24) is 0 Å². The lowest BCUT2D eigenvalue weighted by Crippen LogP contribution is -1.89. The van der Waals surface area contributed by atoms with Gasteiger partial charge in [0.1, 0.15) is 0 Å². The number of alkyl halides is 1. The minimum Gasteiger partial charge on any atom is -0.123 e. The van der Waals surface area contributed by atoms with Gasteiger partial charge < -0.3 is 0 Å². The van der Waals surface area contributed by atoms with Crippen LogP contribution in [0.4, 0.5) is 0 Å². The van der Waals surface area contributed by atoms with Crippen LogP contribution in [0.25, 0.3) is 0 Å². The summed E-state index contributed by atoms with van der Waals surface area (Å²) in [6, 6.07) is 0. The maximum atomic E-state index is 5.83. The molecule has 0 aliphatic carbocycles. The van der Waals surface area contributed by atoms with Crippen LogP contribution < -0.4 is 0 Å². The highest BCUT2D eigenvalue weighted by Crippen LogP contribution is 2.10. The van der Waals surface area contributed by atoms with Crippen LogP contribution in [0.1, 0.15) is 52.4 Å². The zero-order valence-corrected chi connectivity index (χ0v) is 9.11. The monoisotopic (exact) mass is 188 g/mol. The smallest absolute Gasteiger partial charge is 0.0307 e. The molecule has 1 atom stereocenters. The first kappa shape index (κ1) is 12.0. The molecule has 12 heavy (non-hydrogen) atoms. The zero-order valence-electron chi connectivity index (χ0n) is 8.35. The lowest BCUT2D eigenvalue weighted by molar-refractivity contribution is 0.614. The normalized spacial score (nSPS) is 13.9. The summed E-state index contributed by atoms with van der Waals surface area (Å²) < 4.78 is 0. The highest BCUT2D eigenvalue weighted by molar-refractivity contribution is 6.20. The Kier molecular flexibility index (Phi) is 9.14. The van der Waals surface area contributed by atoms with Crippen LogP contribution in [0.15, 0.2) is 12.2 Å². The van der Waals surface area contributed by atoms with Gasteiger partial charge in [0.15, 0.2) is 0 Å². The number of halogens is 1. The molecule has 0 N–H and O–H groups in total. The predicted octanol–water partition coefficient (Wildman–Crippen LogP) is 4.53. The Labute approximate surface area is 82.0 Å². The standard InChI is InChI=1S/C11H21Cl/c1-3-4-5-6-7-8-9-10-11(2)12/h3-4,11H,5-10H2,1-2H3/b4-3+. The molecule has 0 aromatic carbocycles. The van der Waals surface area contributed by atoms with Crippen molar-refractivity contribution in [2.24, 2.45) is 0 Å². The summed E-state index contributed by atoms with van der Waals surface area (Å²) in [5.41, 5.74) is 0. The fourth-order valence-electron chi connectivity index (χ4n) is 1.21. The zero-order chi connectivity index (χ0) is 9.23. The molecule has 1 heteroatoms. The Morgan fingerprint density at radius 1 is 1.17 bits per heavy atom. The topological polar surface area (TPSA) is 0 Å². The number of rotatable bonds is 7. The first-order chi connectivity index (χ1) is 5.77. The van der Waals surface area contributed by atoms with Gasteiger partial charge in [-0.1, -0.05) is 31.4 Å².